The van der Waals surface area contributed by atoms with Crippen molar-refractivity contribution in [2.24, 2.45) is 0 Å². The summed E-state index contributed by atoms with van der Waals surface area (Å²) in [5.74, 6) is -0.179. The lowest BCUT2D eigenvalue weighted by Crippen LogP contribution is -2.06. The van der Waals surface area contributed by atoms with E-state index in [1.165, 1.54) is 20.3 Å². The van der Waals surface area contributed by atoms with Gasteiger partial charge >= 0.3 is 5.97 Å². The Balaban J connectivity index is 2.63. The third kappa shape index (κ3) is 2.61. The maximum absolute atomic E-state index is 11.0. The van der Waals surface area contributed by atoms with Crippen molar-refractivity contribution in [3.8, 4) is 22.8 Å². The van der Waals surface area contributed by atoms with E-state index in [0.29, 0.717) is 22.8 Å². The van der Waals surface area contributed by atoms with Crippen LogP contribution in [-0.4, -0.2) is 35.3 Å². The summed E-state index contributed by atoms with van der Waals surface area (Å²) < 4.78 is 10.4. The second-order valence-corrected chi connectivity index (χ2v) is 3.87. The maximum atomic E-state index is 11.0. The van der Waals surface area contributed by atoms with Gasteiger partial charge in [0.15, 0.2) is 5.69 Å². The van der Waals surface area contributed by atoms with Crippen molar-refractivity contribution in [2.75, 3.05) is 20.0 Å². The lowest BCUT2D eigenvalue weighted by atomic mass is 10.1. The SMILES string of the molecule is COc1ccc(OC)c(-c2cc(C(=O)O)nc(N)n2)c1. The molecule has 0 atom stereocenters. The Bertz CT molecular complexity index is 658. The first-order chi connectivity index (χ1) is 9.55. The highest BCUT2D eigenvalue weighted by Crippen LogP contribution is 2.32. The van der Waals surface area contributed by atoms with E-state index < -0.39 is 5.97 Å². The standard InChI is InChI=1S/C13H13N3O4/c1-19-7-3-4-11(20-2)8(5-7)9-6-10(12(17)18)16-13(14)15-9/h3-6H,1-2H3,(H,17,18)(H2,14,15,16). The van der Waals surface area contributed by atoms with E-state index in [1.54, 1.807) is 18.2 Å². The van der Waals surface area contributed by atoms with Crippen molar-refractivity contribution in [1.29, 1.82) is 0 Å². The maximum Gasteiger partial charge on any atom is 0.354 e. The molecule has 0 saturated heterocycles. The van der Waals surface area contributed by atoms with Crippen LogP contribution in [0.15, 0.2) is 24.3 Å². The summed E-state index contributed by atoms with van der Waals surface area (Å²) in [6.07, 6.45) is 0. The van der Waals surface area contributed by atoms with E-state index in [1.807, 2.05) is 0 Å². The lowest BCUT2D eigenvalue weighted by Gasteiger charge is -2.10. The van der Waals surface area contributed by atoms with Crippen molar-refractivity contribution in [1.82, 2.24) is 9.97 Å². The molecule has 0 spiro atoms. The number of nitrogens with two attached hydrogens (primary N) is 1. The second kappa shape index (κ2) is 5.43. The van der Waals surface area contributed by atoms with Gasteiger partial charge in [0.2, 0.25) is 5.95 Å². The smallest absolute Gasteiger partial charge is 0.354 e. The number of methoxy groups -OCH3 is 2. The topological polar surface area (TPSA) is 108 Å². The number of anilines is 1. The summed E-state index contributed by atoms with van der Waals surface area (Å²) in [4.78, 5) is 18.7. The number of aromatic carboxylic acids is 1. The fraction of sp³-hybridized carbons (Fsp3) is 0.154. The molecule has 0 aliphatic carbocycles. The predicted octanol–water partition coefficient (Wildman–Crippen LogP) is 1.44. The Morgan fingerprint density at radius 1 is 1.20 bits per heavy atom. The fourth-order valence-corrected chi connectivity index (χ4v) is 1.73. The van der Waals surface area contributed by atoms with E-state index >= 15 is 0 Å². The zero-order chi connectivity index (χ0) is 14.7. The van der Waals surface area contributed by atoms with Crippen LogP contribution in [0.4, 0.5) is 5.95 Å². The lowest BCUT2D eigenvalue weighted by molar-refractivity contribution is 0.0690. The quantitative estimate of drug-likeness (QED) is 0.869. The molecule has 2 rings (SSSR count). The monoisotopic (exact) mass is 275 g/mol. The number of hydrogen-bond acceptors (Lipinski definition) is 6. The van der Waals surface area contributed by atoms with Crippen LogP contribution in [0.5, 0.6) is 11.5 Å². The summed E-state index contributed by atoms with van der Waals surface area (Å²) in [5.41, 5.74) is 6.28. The first kappa shape index (κ1) is 13.6. The number of ether oxygens (including phenoxy) is 2. The highest BCUT2D eigenvalue weighted by Gasteiger charge is 2.14. The third-order valence-corrected chi connectivity index (χ3v) is 2.65. The van der Waals surface area contributed by atoms with Crippen LogP contribution in [0.1, 0.15) is 10.5 Å². The minimum atomic E-state index is -1.18. The van der Waals surface area contributed by atoms with Crippen molar-refractivity contribution in [3.63, 3.8) is 0 Å². The second-order valence-electron chi connectivity index (χ2n) is 3.87. The molecule has 0 unspecified atom stereocenters. The number of hydrogen-bond donors (Lipinski definition) is 2. The van der Waals surface area contributed by atoms with Crippen molar-refractivity contribution in [3.05, 3.63) is 30.0 Å². The molecule has 1 aromatic carbocycles. The van der Waals surface area contributed by atoms with Gasteiger partial charge < -0.3 is 20.3 Å². The van der Waals surface area contributed by atoms with Gasteiger partial charge in [0.25, 0.3) is 0 Å². The van der Waals surface area contributed by atoms with Crippen molar-refractivity contribution >= 4 is 11.9 Å². The van der Waals surface area contributed by atoms with Crippen LogP contribution in [0.25, 0.3) is 11.3 Å². The minimum Gasteiger partial charge on any atom is -0.497 e. The molecule has 0 saturated carbocycles. The average molecular weight is 275 g/mol. The third-order valence-electron chi connectivity index (χ3n) is 2.65. The molecule has 0 bridgehead atoms. The zero-order valence-corrected chi connectivity index (χ0v) is 11.0. The van der Waals surface area contributed by atoms with Gasteiger partial charge in [-0.25, -0.2) is 14.8 Å². The summed E-state index contributed by atoms with van der Waals surface area (Å²) in [7, 11) is 3.04. The van der Waals surface area contributed by atoms with Crippen LogP contribution >= 0.6 is 0 Å². The van der Waals surface area contributed by atoms with Gasteiger partial charge in [0.1, 0.15) is 11.5 Å². The molecule has 1 heterocycles. The molecule has 3 N–H and O–H groups in total. The summed E-state index contributed by atoms with van der Waals surface area (Å²) in [6.45, 7) is 0. The van der Waals surface area contributed by atoms with Crippen LogP contribution in [0.3, 0.4) is 0 Å². The molecular weight excluding hydrogens is 262 g/mol. The number of aromatic nitrogens is 2. The van der Waals surface area contributed by atoms with Gasteiger partial charge in [-0.1, -0.05) is 0 Å². The summed E-state index contributed by atoms with van der Waals surface area (Å²) in [5, 5.41) is 9.01. The number of benzene rings is 1. The van der Waals surface area contributed by atoms with E-state index in [-0.39, 0.29) is 11.6 Å². The minimum absolute atomic E-state index is 0.121. The van der Waals surface area contributed by atoms with Gasteiger partial charge in [0, 0.05) is 5.56 Å². The Labute approximate surface area is 115 Å². The Morgan fingerprint density at radius 3 is 2.55 bits per heavy atom. The molecule has 7 nitrogen and oxygen atoms in total. The van der Waals surface area contributed by atoms with E-state index in [0.717, 1.165) is 0 Å². The van der Waals surface area contributed by atoms with E-state index in [4.69, 9.17) is 20.3 Å². The van der Waals surface area contributed by atoms with Gasteiger partial charge in [-0.3, -0.25) is 0 Å². The molecule has 2 aromatic rings. The number of carboxylic acids is 1. The number of nitrogen functional groups attached to an aromatic ring is 1. The average Bonchev–Trinajstić information content (AvgIpc) is 2.45. The molecular formula is C13H13N3O4. The molecule has 0 radical (unpaired) electrons. The van der Waals surface area contributed by atoms with Crippen LogP contribution < -0.4 is 15.2 Å². The highest BCUT2D eigenvalue weighted by atomic mass is 16.5. The molecule has 0 fully saturated rings. The highest BCUT2D eigenvalue weighted by molar-refractivity contribution is 5.87. The molecule has 0 aliphatic rings. The molecule has 0 amide bonds. The first-order valence-electron chi connectivity index (χ1n) is 5.65. The predicted molar refractivity (Wildman–Crippen MR) is 71.9 cm³/mol. The summed E-state index contributed by atoms with van der Waals surface area (Å²) in [6, 6.07) is 6.44. The number of rotatable bonds is 4. The van der Waals surface area contributed by atoms with Crippen LogP contribution in [0, 0.1) is 0 Å². The molecule has 7 heteroatoms. The Kier molecular flexibility index (Phi) is 3.69. The van der Waals surface area contributed by atoms with Crippen LogP contribution in [-0.2, 0) is 0 Å². The summed E-state index contributed by atoms with van der Waals surface area (Å²) >= 11 is 0. The van der Waals surface area contributed by atoms with Crippen molar-refractivity contribution < 1.29 is 19.4 Å². The van der Waals surface area contributed by atoms with Gasteiger partial charge in [-0.05, 0) is 24.3 Å². The normalized spacial score (nSPS) is 10.1. The Morgan fingerprint density at radius 2 is 1.95 bits per heavy atom. The number of carbonyl (C=O) groups is 1. The van der Waals surface area contributed by atoms with Gasteiger partial charge in [0.05, 0.1) is 19.9 Å². The largest absolute Gasteiger partial charge is 0.497 e. The molecule has 104 valence electrons. The Hall–Kier alpha value is -2.83. The molecule has 0 aliphatic heterocycles. The molecule has 1 aromatic heterocycles. The van der Waals surface area contributed by atoms with Crippen LogP contribution in [0.2, 0.25) is 0 Å². The van der Waals surface area contributed by atoms with E-state index in [9.17, 15) is 4.79 Å². The zero-order valence-electron chi connectivity index (χ0n) is 11.0. The van der Waals surface area contributed by atoms with Crippen molar-refractivity contribution in [2.45, 2.75) is 0 Å². The number of carboxylic acid groups (broad SMARTS) is 1. The van der Waals surface area contributed by atoms with Gasteiger partial charge in [-0.15, -0.1) is 0 Å². The van der Waals surface area contributed by atoms with E-state index in [2.05, 4.69) is 9.97 Å². The van der Waals surface area contributed by atoms with Gasteiger partial charge in [-0.2, -0.15) is 0 Å². The molecule has 20 heavy (non-hydrogen) atoms. The number of nitrogens with zero attached hydrogens (tertiary/aromatic N) is 2. The first-order valence-corrected chi connectivity index (χ1v) is 5.65. The fourth-order valence-electron chi connectivity index (χ4n) is 1.73.